The Morgan fingerprint density at radius 3 is 2.82 bits per heavy atom. The molecule has 5 heteroatoms. The van der Waals surface area contributed by atoms with Crippen LogP contribution in [0, 0.1) is 17.6 Å². The summed E-state index contributed by atoms with van der Waals surface area (Å²) in [6, 6.07) is 1.13. The highest BCUT2D eigenvalue weighted by Gasteiger charge is 2.29. The van der Waals surface area contributed by atoms with Gasteiger partial charge in [-0.05, 0) is 18.1 Å². The maximum atomic E-state index is 13.5. The van der Waals surface area contributed by atoms with Crippen molar-refractivity contribution >= 4 is 11.6 Å². The van der Waals surface area contributed by atoms with Crippen LogP contribution >= 0.6 is 0 Å². The Morgan fingerprint density at radius 1 is 1.47 bits per heavy atom. The van der Waals surface area contributed by atoms with E-state index in [4.69, 9.17) is 5.73 Å². The summed E-state index contributed by atoms with van der Waals surface area (Å²) in [7, 11) is 0. The number of nitrogens with one attached hydrogen (secondary N) is 1. The predicted molar refractivity (Wildman–Crippen MR) is 60.4 cm³/mol. The molecule has 2 rings (SSSR count). The molecule has 1 aromatic carbocycles. The number of halogens is 2. The van der Waals surface area contributed by atoms with Crippen LogP contribution < -0.4 is 11.1 Å². The predicted octanol–water partition coefficient (Wildman–Crippen LogP) is 1.59. The van der Waals surface area contributed by atoms with Crippen molar-refractivity contribution in [3.8, 4) is 0 Å². The van der Waals surface area contributed by atoms with Crippen LogP contribution in [-0.4, -0.2) is 11.9 Å². The number of carbonyl (C=O) groups is 1. The topological polar surface area (TPSA) is 55.1 Å². The lowest BCUT2D eigenvalue weighted by atomic mass is 9.93. The minimum Gasteiger partial charge on any atom is -0.322 e. The van der Waals surface area contributed by atoms with Gasteiger partial charge in [0, 0.05) is 12.0 Å². The summed E-state index contributed by atoms with van der Waals surface area (Å²) in [5.74, 6) is -2.28. The molecule has 90 valence electrons. The first-order valence-corrected chi connectivity index (χ1v) is 5.20. The molecule has 0 saturated heterocycles. The van der Waals surface area contributed by atoms with Crippen LogP contribution in [0.5, 0.6) is 0 Å². The van der Waals surface area contributed by atoms with Gasteiger partial charge in [0.05, 0.1) is 11.7 Å². The molecule has 0 spiro atoms. The van der Waals surface area contributed by atoms with Gasteiger partial charge in [-0.25, -0.2) is 8.78 Å². The van der Waals surface area contributed by atoms with Crippen LogP contribution in [0.25, 0.3) is 0 Å². The molecule has 1 aromatic rings. The summed E-state index contributed by atoms with van der Waals surface area (Å²) in [6.45, 7) is 3.58. The lowest BCUT2D eigenvalue weighted by molar-refractivity contribution is -0.118. The Bertz CT molecular complexity index is 488. The number of hydrogen-bond donors (Lipinski definition) is 2. The van der Waals surface area contributed by atoms with E-state index in [1.165, 1.54) is 12.1 Å². The highest BCUT2D eigenvalue weighted by Crippen LogP contribution is 2.28. The molecule has 2 atom stereocenters. The summed E-state index contributed by atoms with van der Waals surface area (Å²) in [6.07, 6.45) is 1.82. The summed E-state index contributed by atoms with van der Waals surface area (Å²) >= 11 is 0. The third kappa shape index (κ3) is 2.06. The van der Waals surface area contributed by atoms with Crippen LogP contribution in [0.4, 0.5) is 14.5 Å². The van der Waals surface area contributed by atoms with E-state index in [1.54, 1.807) is 0 Å². The summed E-state index contributed by atoms with van der Waals surface area (Å²) in [5.41, 5.74) is 6.11. The number of amides is 1. The minimum atomic E-state index is -0.803. The first-order valence-electron chi connectivity index (χ1n) is 5.20. The normalized spacial score (nSPS) is 23.6. The van der Waals surface area contributed by atoms with Crippen molar-refractivity contribution in [1.29, 1.82) is 0 Å². The van der Waals surface area contributed by atoms with Crippen molar-refractivity contribution in [2.75, 3.05) is 5.32 Å². The van der Waals surface area contributed by atoms with E-state index >= 15 is 0 Å². The summed E-state index contributed by atoms with van der Waals surface area (Å²) in [4.78, 5) is 11.6. The summed E-state index contributed by atoms with van der Waals surface area (Å²) in [5, 5.41) is 2.38. The van der Waals surface area contributed by atoms with E-state index in [9.17, 15) is 13.6 Å². The van der Waals surface area contributed by atoms with Crippen molar-refractivity contribution in [2.45, 2.75) is 12.5 Å². The maximum Gasteiger partial charge on any atom is 0.241 e. The molecule has 0 fully saturated rings. The SMILES string of the molecule is C=C[C@@H]1Cc2cc(F)cc(F)c2NC(=O)[C@@H]1N. The smallest absolute Gasteiger partial charge is 0.241 e. The van der Waals surface area contributed by atoms with Crippen molar-refractivity contribution in [2.24, 2.45) is 11.7 Å². The van der Waals surface area contributed by atoms with Crippen LogP contribution in [0.15, 0.2) is 24.8 Å². The van der Waals surface area contributed by atoms with E-state index in [-0.39, 0.29) is 18.0 Å². The first-order chi connectivity index (χ1) is 8.02. The van der Waals surface area contributed by atoms with Gasteiger partial charge in [-0.3, -0.25) is 4.79 Å². The molecule has 0 bridgehead atoms. The Labute approximate surface area is 97.3 Å². The molecular formula is C12H12F2N2O. The fourth-order valence-electron chi connectivity index (χ4n) is 1.94. The fourth-order valence-corrected chi connectivity index (χ4v) is 1.94. The molecular weight excluding hydrogens is 226 g/mol. The van der Waals surface area contributed by atoms with Gasteiger partial charge < -0.3 is 11.1 Å². The van der Waals surface area contributed by atoms with E-state index in [1.807, 2.05) is 0 Å². The lowest BCUT2D eigenvalue weighted by Gasteiger charge is -2.14. The molecule has 17 heavy (non-hydrogen) atoms. The second-order valence-corrected chi connectivity index (χ2v) is 4.04. The molecule has 0 radical (unpaired) electrons. The fraction of sp³-hybridized carbons (Fsp3) is 0.250. The van der Waals surface area contributed by atoms with E-state index in [2.05, 4.69) is 11.9 Å². The van der Waals surface area contributed by atoms with Gasteiger partial charge in [0.25, 0.3) is 0 Å². The van der Waals surface area contributed by atoms with Gasteiger partial charge in [-0.2, -0.15) is 0 Å². The quantitative estimate of drug-likeness (QED) is 0.730. The molecule has 1 amide bonds. The minimum absolute atomic E-state index is 0.0104. The standard InChI is InChI=1S/C12H12F2N2O/c1-2-6-3-7-4-8(13)5-9(14)11(7)16-12(17)10(6)15/h2,4-6,10H,1,3,15H2,(H,16,17)/t6-,10-/m1/s1. The van der Waals surface area contributed by atoms with E-state index in [0.717, 1.165) is 6.07 Å². The van der Waals surface area contributed by atoms with E-state index in [0.29, 0.717) is 5.56 Å². The zero-order valence-corrected chi connectivity index (χ0v) is 9.04. The largest absolute Gasteiger partial charge is 0.322 e. The average Bonchev–Trinajstić information content (AvgIpc) is 2.39. The van der Waals surface area contributed by atoms with Crippen molar-refractivity contribution in [3.63, 3.8) is 0 Å². The molecule has 0 saturated carbocycles. The Hall–Kier alpha value is -1.75. The van der Waals surface area contributed by atoms with E-state index < -0.39 is 23.6 Å². The van der Waals surface area contributed by atoms with Crippen LogP contribution in [0.2, 0.25) is 0 Å². The number of rotatable bonds is 1. The number of nitrogens with two attached hydrogens (primary N) is 1. The van der Waals surface area contributed by atoms with Gasteiger partial charge in [-0.1, -0.05) is 6.08 Å². The number of benzene rings is 1. The zero-order chi connectivity index (χ0) is 12.6. The molecule has 3 N–H and O–H groups in total. The maximum absolute atomic E-state index is 13.5. The molecule has 3 nitrogen and oxygen atoms in total. The molecule has 0 unspecified atom stereocenters. The second-order valence-electron chi connectivity index (χ2n) is 4.04. The second kappa shape index (κ2) is 4.25. The monoisotopic (exact) mass is 238 g/mol. The zero-order valence-electron chi connectivity index (χ0n) is 9.04. The van der Waals surface area contributed by atoms with Gasteiger partial charge in [0.2, 0.25) is 5.91 Å². The Kier molecular flexibility index (Phi) is 2.93. The highest BCUT2D eigenvalue weighted by atomic mass is 19.1. The van der Waals surface area contributed by atoms with Gasteiger partial charge >= 0.3 is 0 Å². The van der Waals surface area contributed by atoms with Gasteiger partial charge in [0.1, 0.15) is 11.6 Å². The summed E-state index contributed by atoms with van der Waals surface area (Å²) < 4.78 is 26.6. The third-order valence-electron chi connectivity index (χ3n) is 2.91. The molecule has 1 heterocycles. The van der Waals surface area contributed by atoms with Crippen molar-refractivity contribution in [1.82, 2.24) is 0 Å². The average molecular weight is 238 g/mol. The van der Waals surface area contributed by atoms with Crippen molar-refractivity contribution < 1.29 is 13.6 Å². The molecule has 0 aromatic heterocycles. The molecule has 0 aliphatic carbocycles. The van der Waals surface area contributed by atoms with Crippen LogP contribution in [0.1, 0.15) is 5.56 Å². The molecule has 1 aliphatic rings. The number of carbonyl (C=O) groups excluding carboxylic acids is 1. The number of anilines is 1. The Morgan fingerprint density at radius 2 is 2.18 bits per heavy atom. The lowest BCUT2D eigenvalue weighted by Crippen LogP contribution is -2.40. The van der Waals surface area contributed by atoms with Gasteiger partial charge in [-0.15, -0.1) is 6.58 Å². The van der Waals surface area contributed by atoms with Gasteiger partial charge in [0.15, 0.2) is 0 Å². The molecule has 1 aliphatic heterocycles. The number of fused-ring (bicyclic) bond motifs is 1. The number of hydrogen-bond acceptors (Lipinski definition) is 2. The van der Waals surface area contributed by atoms with Crippen molar-refractivity contribution in [3.05, 3.63) is 42.0 Å². The highest BCUT2D eigenvalue weighted by molar-refractivity contribution is 5.96. The Balaban J connectivity index is 2.52. The van der Waals surface area contributed by atoms with Crippen LogP contribution in [0.3, 0.4) is 0 Å². The third-order valence-corrected chi connectivity index (χ3v) is 2.91. The first kappa shape index (κ1) is 11.7. The van der Waals surface area contributed by atoms with Crippen LogP contribution in [-0.2, 0) is 11.2 Å².